The Hall–Kier alpha value is -1.80. The number of aryl methyl sites for hydroxylation is 1. The minimum Gasteiger partial charge on any atom is -0.370 e. The molecule has 1 saturated heterocycles. The van der Waals surface area contributed by atoms with Crippen LogP contribution in [0.4, 0.5) is 10.5 Å². The van der Waals surface area contributed by atoms with Gasteiger partial charge in [-0.3, -0.25) is 0 Å². The third-order valence-corrected chi connectivity index (χ3v) is 5.35. The summed E-state index contributed by atoms with van der Waals surface area (Å²) in [7, 11) is -3.25. The molecule has 2 N–H and O–H groups in total. The van der Waals surface area contributed by atoms with Crippen LogP contribution in [-0.4, -0.2) is 64.4 Å². The Bertz CT molecular complexity index is 708. The summed E-state index contributed by atoms with van der Waals surface area (Å²) in [5.41, 5.74) is 2.39. The van der Waals surface area contributed by atoms with E-state index in [4.69, 9.17) is 0 Å². The molecule has 1 aliphatic heterocycles. The van der Waals surface area contributed by atoms with Crippen molar-refractivity contribution in [2.45, 2.75) is 32.7 Å². The molecule has 0 spiro atoms. The lowest BCUT2D eigenvalue weighted by atomic mass is 10.1. The van der Waals surface area contributed by atoms with Crippen molar-refractivity contribution >= 4 is 21.7 Å². The Labute approximate surface area is 156 Å². The van der Waals surface area contributed by atoms with Crippen molar-refractivity contribution in [1.82, 2.24) is 14.9 Å². The molecule has 1 heterocycles. The van der Waals surface area contributed by atoms with E-state index < -0.39 is 10.0 Å². The zero-order chi connectivity index (χ0) is 19.2. The molecule has 1 fully saturated rings. The number of sulfonamides is 1. The number of likely N-dealkylation sites (N-methyl/N-ethyl adjacent to an activating group) is 1. The predicted octanol–water partition coefficient (Wildman–Crippen LogP) is 1.54. The molecule has 0 aliphatic carbocycles. The first-order valence-electron chi connectivity index (χ1n) is 9.11. The van der Waals surface area contributed by atoms with Crippen LogP contribution < -0.4 is 14.9 Å². The number of amides is 2. The van der Waals surface area contributed by atoms with E-state index in [9.17, 15) is 13.2 Å². The molecule has 2 rings (SSSR count). The maximum absolute atomic E-state index is 12.4. The number of anilines is 1. The monoisotopic (exact) mass is 382 g/mol. The second-order valence-electron chi connectivity index (χ2n) is 6.77. The van der Waals surface area contributed by atoms with Crippen LogP contribution in [0.1, 0.15) is 25.3 Å². The summed E-state index contributed by atoms with van der Waals surface area (Å²) < 4.78 is 25.4. The number of hydrogen-bond acceptors (Lipinski definition) is 4. The molecule has 0 aromatic heterocycles. The van der Waals surface area contributed by atoms with Crippen LogP contribution in [0.3, 0.4) is 0 Å². The van der Waals surface area contributed by atoms with E-state index in [2.05, 4.69) is 40.9 Å². The minimum atomic E-state index is -3.25. The van der Waals surface area contributed by atoms with Gasteiger partial charge < -0.3 is 15.1 Å². The molecule has 2 amide bonds. The van der Waals surface area contributed by atoms with Gasteiger partial charge in [-0.25, -0.2) is 17.9 Å². The number of likely N-dealkylation sites (tertiary alicyclic amines) is 1. The van der Waals surface area contributed by atoms with Gasteiger partial charge in [0.05, 0.1) is 6.26 Å². The fourth-order valence-electron chi connectivity index (χ4n) is 3.34. The number of nitrogens with one attached hydrogen (secondary N) is 2. The normalized spacial score (nSPS) is 17.8. The lowest BCUT2D eigenvalue weighted by molar-refractivity contribution is 0.177. The van der Waals surface area contributed by atoms with Crippen LogP contribution in [0, 0.1) is 6.92 Å². The van der Waals surface area contributed by atoms with Crippen molar-refractivity contribution in [3.8, 4) is 0 Å². The van der Waals surface area contributed by atoms with Gasteiger partial charge >= 0.3 is 6.03 Å². The molecule has 0 saturated carbocycles. The van der Waals surface area contributed by atoms with Crippen molar-refractivity contribution in [2.75, 3.05) is 43.9 Å². The number of hydrogen-bond donors (Lipinski definition) is 2. The second-order valence-corrected chi connectivity index (χ2v) is 8.55. The van der Waals surface area contributed by atoms with Gasteiger partial charge in [0.2, 0.25) is 10.0 Å². The first kappa shape index (κ1) is 20.5. The summed E-state index contributed by atoms with van der Waals surface area (Å²) in [4.78, 5) is 16.3. The second kappa shape index (κ2) is 9.23. The van der Waals surface area contributed by atoms with Crippen molar-refractivity contribution in [2.24, 2.45) is 0 Å². The van der Waals surface area contributed by atoms with E-state index in [1.54, 1.807) is 4.90 Å². The molecule has 7 nitrogen and oxygen atoms in total. The highest BCUT2D eigenvalue weighted by Gasteiger charge is 2.25. The van der Waals surface area contributed by atoms with Crippen LogP contribution in [0.2, 0.25) is 0 Å². The van der Waals surface area contributed by atoms with Gasteiger partial charge in [-0.2, -0.15) is 0 Å². The standard InChI is InChI=1S/C18H30N4O3S/c1-4-21(17-10-6-5-8-15(17)2)13-11-19-18(23)22-12-7-9-16(14-22)20-26(3,24)25/h5-6,8,10,16,20H,4,7,9,11-14H2,1-3H3,(H,19,23). The zero-order valence-electron chi connectivity index (χ0n) is 15.9. The van der Waals surface area contributed by atoms with Crippen LogP contribution >= 0.6 is 0 Å². The fraction of sp³-hybridized carbons (Fsp3) is 0.611. The summed E-state index contributed by atoms with van der Waals surface area (Å²) in [6.07, 6.45) is 2.70. The van der Waals surface area contributed by atoms with Crippen LogP contribution in [0.15, 0.2) is 24.3 Å². The quantitative estimate of drug-likeness (QED) is 0.750. The molecule has 0 radical (unpaired) electrons. The number of benzene rings is 1. The number of piperidine rings is 1. The Morgan fingerprint density at radius 2 is 2.08 bits per heavy atom. The summed E-state index contributed by atoms with van der Waals surface area (Å²) in [6.45, 7) is 7.38. The third kappa shape index (κ3) is 6.17. The molecular weight excluding hydrogens is 352 g/mol. The van der Waals surface area contributed by atoms with Gasteiger partial charge in [0.25, 0.3) is 0 Å². The Balaban J connectivity index is 1.83. The van der Waals surface area contributed by atoms with Crippen LogP contribution in [-0.2, 0) is 10.0 Å². The van der Waals surface area contributed by atoms with Gasteiger partial charge in [0.15, 0.2) is 0 Å². The molecule has 146 valence electrons. The van der Waals surface area contributed by atoms with E-state index >= 15 is 0 Å². The van der Waals surface area contributed by atoms with E-state index in [1.807, 2.05) is 12.1 Å². The SMILES string of the molecule is CCN(CCNC(=O)N1CCCC(NS(C)(=O)=O)C1)c1ccccc1C. The lowest BCUT2D eigenvalue weighted by Gasteiger charge is -2.33. The number of urea groups is 1. The lowest BCUT2D eigenvalue weighted by Crippen LogP contribution is -2.52. The molecular formula is C18H30N4O3S. The van der Waals surface area contributed by atoms with Crippen LogP contribution in [0.5, 0.6) is 0 Å². The summed E-state index contributed by atoms with van der Waals surface area (Å²) in [5, 5.41) is 2.96. The van der Waals surface area contributed by atoms with E-state index in [0.29, 0.717) is 19.6 Å². The Kier molecular flexibility index (Phi) is 7.28. The molecule has 1 unspecified atom stereocenters. The molecule has 8 heteroatoms. The van der Waals surface area contributed by atoms with Crippen molar-refractivity contribution in [3.05, 3.63) is 29.8 Å². The van der Waals surface area contributed by atoms with E-state index in [0.717, 1.165) is 32.2 Å². The summed E-state index contributed by atoms with van der Waals surface area (Å²) in [5.74, 6) is 0. The number of carbonyl (C=O) groups is 1. The van der Waals surface area contributed by atoms with Crippen molar-refractivity contribution in [3.63, 3.8) is 0 Å². The number of para-hydroxylation sites is 1. The van der Waals surface area contributed by atoms with Gasteiger partial charge in [0, 0.05) is 44.5 Å². The molecule has 1 aliphatic rings. The van der Waals surface area contributed by atoms with Gasteiger partial charge in [-0.1, -0.05) is 18.2 Å². The Morgan fingerprint density at radius 1 is 1.35 bits per heavy atom. The highest BCUT2D eigenvalue weighted by molar-refractivity contribution is 7.88. The molecule has 1 aromatic rings. The number of carbonyl (C=O) groups excluding carboxylic acids is 1. The number of nitrogens with zero attached hydrogens (tertiary/aromatic N) is 2. The van der Waals surface area contributed by atoms with Gasteiger partial charge in [-0.15, -0.1) is 0 Å². The van der Waals surface area contributed by atoms with E-state index in [1.165, 1.54) is 11.3 Å². The minimum absolute atomic E-state index is 0.133. The first-order chi connectivity index (χ1) is 12.3. The van der Waals surface area contributed by atoms with Crippen molar-refractivity contribution < 1.29 is 13.2 Å². The predicted molar refractivity (Wildman–Crippen MR) is 105 cm³/mol. The zero-order valence-corrected chi connectivity index (χ0v) is 16.7. The maximum Gasteiger partial charge on any atom is 0.317 e. The van der Waals surface area contributed by atoms with Crippen molar-refractivity contribution in [1.29, 1.82) is 0 Å². The fourth-order valence-corrected chi connectivity index (χ4v) is 4.14. The summed E-state index contributed by atoms with van der Waals surface area (Å²) >= 11 is 0. The highest BCUT2D eigenvalue weighted by atomic mass is 32.2. The topological polar surface area (TPSA) is 81.8 Å². The average Bonchev–Trinajstić information content (AvgIpc) is 2.58. The molecule has 26 heavy (non-hydrogen) atoms. The highest BCUT2D eigenvalue weighted by Crippen LogP contribution is 2.18. The Morgan fingerprint density at radius 3 is 2.73 bits per heavy atom. The smallest absolute Gasteiger partial charge is 0.317 e. The van der Waals surface area contributed by atoms with Gasteiger partial charge in [0.1, 0.15) is 0 Å². The summed E-state index contributed by atoms with van der Waals surface area (Å²) in [6, 6.07) is 7.87. The average molecular weight is 383 g/mol. The van der Waals surface area contributed by atoms with Gasteiger partial charge in [-0.05, 0) is 38.3 Å². The largest absolute Gasteiger partial charge is 0.370 e. The number of rotatable bonds is 7. The maximum atomic E-state index is 12.4. The molecule has 1 atom stereocenters. The molecule has 0 bridgehead atoms. The molecule has 1 aromatic carbocycles. The van der Waals surface area contributed by atoms with Crippen LogP contribution in [0.25, 0.3) is 0 Å². The third-order valence-electron chi connectivity index (χ3n) is 4.59. The first-order valence-corrected chi connectivity index (χ1v) is 11.0. The van der Waals surface area contributed by atoms with E-state index in [-0.39, 0.29) is 12.1 Å².